The van der Waals surface area contributed by atoms with E-state index in [4.69, 9.17) is 16.6 Å². The van der Waals surface area contributed by atoms with Crippen molar-refractivity contribution >= 4 is 22.8 Å². The number of alkyl halides is 1. The predicted octanol–water partition coefficient (Wildman–Crippen LogP) is 3.82. The number of fused-ring (bicyclic) bond motifs is 1. The molecule has 4 nitrogen and oxygen atoms in total. The maximum atomic E-state index is 6.07. The smallest absolute Gasteiger partial charge is 0.158 e. The van der Waals surface area contributed by atoms with Gasteiger partial charge in [-0.25, -0.2) is 4.98 Å². The van der Waals surface area contributed by atoms with Crippen LogP contribution in [0.2, 0.25) is 0 Å². The van der Waals surface area contributed by atoms with Gasteiger partial charge in [-0.15, -0.1) is 11.6 Å². The van der Waals surface area contributed by atoms with E-state index in [1.165, 1.54) is 0 Å². The van der Waals surface area contributed by atoms with E-state index in [-0.39, 0.29) is 0 Å². The van der Waals surface area contributed by atoms with E-state index in [1.807, 2.05) is 11.7 Å². The van der Waals surface area contributed by atoms with Gasteiger partial charge >= 0.3 is 0 Å². The first-order valence-electron chi connectivity index (χ1n) is 7.12. The second-order valence-corrected chi connectivity index (χ2v) is 5.43. The molecule has 0 bridgehead atoms. The van der Waals surface area contributed by atoms with Crippen LogP contribution in [0.5, 0.6) is 0 Å². The molecule has 1 atom stereocenters. The van der Waals surface area contributed by atoms with Crippen LogP contribution in [0.15, 0.2) is 0 Å². The molecule has 106 valence electrons. The van der Waals surface area contributed by atoms with E-state index < -0.39 is 0 Å². The number of hydrogen-bond acceptors (Lipinski definition) is 2. The number of halogens is 1. The van der Waals surface area contributed by atoms with Gasteiger partial charge in [0.25, 0.3) is 0 Å². The normalized spacial score (nSPS) is 13.3. The molecular formula is C14H23ClN4. The van der Waals surface area contributed by atoms with Crippen LogP contribution in [0.25, 0.3) is 11.2 Å². The largest absolute Gasteiger partial charge is 0.309 e. The number of aryl methyl sites for hydroxylation is 2. The molecule has 5 heteroatoms. The zero-order valence-electron chi connectivity index (χ0n) is 12.3. The van der Waals surface area contributed by atoms with Crippen molar-refractivity contribution in [1.82, 2.24) is 19.3 Å². The monoisotopic (exact) mass is 282 g/mol. The highest BCUT2D eigenvalue weighted by Crippen LogP contribution is 2.27. The zero-order chi connectivity index (χ0) is 14.0. The molecule has 0 N–H and O–H groups in total. The summed E-state index contributed by atoms with van der Waals surface area (Å²) >= 11 is 6.07. The van der Waals surface area contributed by atoms with Gasteiger partial charge in [0.15, 0.2) is 5.65 Å². The zero-order valence-corrected chi connectivity index (χ0v) is 13.0. The Hall–Kier alpha value is -1.03. The third kappa shape index (κ3) is 2.50. The molecule has 19 heavy (non-hydrogen) atoms. The molecule has 2 aromatic rings. The molecule has 0 amide bonds. The minimum Gasteiger partial charge on any atom is -0.309 e. The fourth-order valence-electron chi connectivity index (χ4n) is 2.76. The molecule has 0 saturated heterocycles. The first-order chi connectivity index (χ1) is 9.13. The molecule has 0 fully saturated rings. The highest BCUT2D eigenvalue weighted by Gasteiger charge is 2.21. The Morgan fingerprint density at radius 2 is 2.00 bits per heavy atom. The van der Waals surface area contributed by atoms with E-state index in [0.717, 1.165) is 48.4 Å². The molecular weight excluding hydrogens is 260 g/mol. The van der Waals surface area contributed by atoms with Gasteiger partial charge in [-0.1, -0.05) is 26.7 Å². The van der Waals surface area contributed by atoms with Crippen LogP contribution in [0, 0.1) is 0 Å². The van der Waals surface area contributed by atoms with Gasteiger partial charge in [0, 0.05) is 13.1 Å². The van der Waals surface area contributed by atoms with Gasteiger partial charge in [-0.3, -0.25) is 4.68 Å². The number of aromatic nitrogens is 4. The Morgan fingerprint density at radius 3 is 2.58 bits per heavy atom. The summed E-state index contributed by atoms with van der Waals surface area (Å²) in [6, 6.07) is 0.411. The van der Waals surface area contributed by atoms with Crippen LogP contribution in [0.3, 0.4) is 0 Å². The summed E-state index contributed by atoms with van der Waals surface area (Å²) in [6.07, 6.45) is 4.34. The van der Waals surface area contributed by atoms with Crippen LogP contribution < -0.4 is 0 Å². The van der Waals surface area contributed by atoms with Crippen molar-refractivity contribution in [3.8, 4) is 0 Å². The van der Waals surface area contributed by atoms with Crippen molar-refractivity contribution in [1.29, 1.82) is 0 Å². The highest BCUT2D eigenvalue weighted by atomic mass is 35.5. The lowest BCUT2D eigenvalue weighted by Crippen LogP contribution is -2.11. The van der Waals surface area contributed by atoms with Gasteiger partial charge in [-0.2, -0.15) is 5.10 Å². The lowest BCUT2D eigenvalue weighted by Gasteiger charge is -2.16. The van der Waals surface area contributed by atoms with Crippen molar-refractivity contribution in [2.75, 3.05) is 0 Å². The summed E-state index contributed by atoms with van der Waals surface area (Å²) in [4.78, 5) is 4.72. The third-order valence-corrected chi connectivity index (χ3v) is 3.80. The lowest BCUT2D eigenvalue weighted by molar-refractivity contribution is 0.490. The summed E-state index contributed by atoms with van der Waals surface area (Å²) in [5.74, 6) is 1.41. The van der Waals surface area contributed by atoms with Crippen LogP contribution in [0.1, 0.15) is 57.6 Å². The van der Waals surface area contributed by atoms with Crippen LogP contribution in [-0.2, 0) is 19.3 Å². The number of nitrogens with zero attached hydrogens (tertiary/aromatic N) is 4. The van der Waals surface area contributed by atoms with Gasteiger partial charge in [0.2, 0.25) is 0 Å². The van der Waals surface area contributed by atoms with Crippen molar-refractivity contribution < 1.29 is 0 Å². The minimum atomic E-state index is 0.411. The molecule has 2 aromatic heterocycles. The van der Waals surface area contributed by atoms with Crippen molar-refractivity contribution in [2.24, 2.45) is 7.05 Å². The Kier molecular flexibility index (Phi) is 4.50. The fraction of sp³-hybridized carbons (Fsp3) is 0.714. The summed E-state index contributed by atoms with van der Waals surface area (Å²) in [7, 11) is 2.00. The Bertz CT molecular complexity index is 555. The van der Waals surface area contributed by atoms with Crippen LogP contribution >= 0.6 is 11.6 Å². The van der Waals surface area contributed by atoms with Gasteiger partial charge in [-0.05, 0) is 19.8 Å². The molecule has 2 heterocycles. The molecule has 0 aliphatic rings. The van der Waals surface area contributed by atoms with Gasteiger partial charge in [0.1, 0.15) is 11.3 Å². The van der Waals surface area contributed by atoms with E-state index in [2.05, 4.69) is 30.4 Å². The van der Waals surface area contributed by atoms with E-state index in [0.29, 0.717) is 11.9 Å². The highest BCUT2D eigenvalue weighted by molar-refractivity contribution is 6.16. The maximum Gasteiger partial charge on any atom is 0.158 e. The average Bonchev–Trinajstić information content (AvgIpc) is 2.89. The van der Waals surface area contributed by atoms with Crippen LogP contribution in [0.4, 0.5) is 0 Å². The number of imidazole rings is 1. The Balaban J connectivity index is 2.60. The van der Waals surface area contributed by atoms with Crippen LogP contribution in [-0.4, -0.2) is 19.3 Å². The molecule has 0 aliphatic carbocycles. The topological polar surface area (TPSA) is 35.6 Å². The number of rotatable bonds is 6. The second-order valence-electron chi connectivity index (χ2n) is 5.16. The van der Waals surface area contributed by atoms with E-state index in [9.17, 15) is 0 Å². The maximum absolute atomic E-state index is 6.07. The molecule has 1 unspecified atom stereocenters. The summed E-state index contributed by atoms with van der Waals surface area (Å²) < 4.78 is 4.22. The first-order valence-corrected chi connectivity index (χ1v) is 7.66. The molecule has 0 spiro atoms. The summed E-state index contributed by atoms with van der Waals surface area (Å²) in [5, 5.41) is 4.61. The van der Waals surface area contributed by atoms with Gasteiger partial charge < -0.3 is 4.57 Å². The fourth-order valence-corrected chi connectivity index (χ4v) is 2.95. The van der Waals surface area contributed by atoms with Crippen molar-refractivity contribution in [2.45, 2.75) is 58.4 Å². The molecule has 0 saturated carbocycles. The minimum absolute atomic E-state index is 0.411. The third-order valence-electron chi connectivity index (χ3n) is 3.56. The van der Waals surface area contributed by atoms with E-state index >= 15 is 0 Å². The average molecular weight is 283 g/mol. The Morgan fingerprint density at radius 1 is 1.26 bits per heavy atom. The standard InChI is InChI=1S/C14H23ClN4/c1-5-7-10(3)19-12(9-15)16-13-11(8-6-2)17-18(4)14(13)19/h10H,5-9H2,1-4H3. The molecule has 0 aliphatic heterocycles. The SMILES string of the molecule is CCCc1nn(C)c2c1nc(CCl)n2C(C)CCC. The quantitative estimate of drug-likeness (QED) is 0.755. The molecule has 2 rings (SSSR count). The second kappa shape index (κ2) is 5.95. The summed E-state index contributed by atoms with van der Waals surface area (Å²) in [5.41, 5.74) is 3.23. The van der Waals surface area contributed by atoms with Gasteiger partial charge in [0.05, 0.1) is 11.6 Å². The molecule has 0 radical (unpaired) electrons. The Labute approximate surface area is 119 Å². The number of hydrogen-bond donors (Lipinski definition) is 0. The van der Waals surface area contributed by atoms with Crippen molar-refractivity contribution in [3.63, 3.8) is 0 Å². The van der Waals surface area contributed by atoms with Crippen molar-refractivity contribution in [3.05, 3.63) is 11.5 Å². The predicted molar refractivity (Wildman–Crippen MR) is 79.7 cm³/mol. The van der Waals surface area contributed by atoms with E-state index in [1.54, 1.807) is 0 Å². The molecule has 0 aromatic carbocycles. The lowest BCUT2D eigenvalue weighted by atomic mass is 10.2. The first kappa shape index (κ1) is 14.4. The summed E-state index contributed by atoms with van der Waals surface area (Å²) in [6.45, 7) is 6.60.